The van der Waals surface area contributed by atoms with E-state index in [2.05, 4.69) is 71.5 Å². The summed E-state index contributed by atoms with van der Waals surface area (Å²) in [7, 11) is 39.5. The number of morpholine rings is 2. The largest absolute Gasteiger partial charge is 0.455 e. The van der Waals surface area contributed by atoms with Gasteiger partial charge in [-0.15, -0.1) is 0 Å². The summed E-state index contributed by atoms with van der Waals surface area (Å²) in [4.78, 5) is 51.3. The Labute approximate surface area is 456 Å². The third kappa shape index (κ3) is 24.8. The van der Waals surface area contributed by atoms with E-state index in [0.717, 1.165) is 36.8 Å². The molecule has 2 amide bonds. The fraction of sp³-hybridized carbons (Fsp3) is 0.500. The number of esters is 2. The fourth-order valence-corrected chi connectivity index (χ4v) is 8.04. The molecule has 2 spiro atoms. The summed E-state index contributed by atoms with van der Waals surface area (Å²) >= 11 is 0. The van der Waals surface area contributed by atoms with Crippen LogP contribution in [0.25, 0.3) is 0 Å². The lowest BCUT2D eigenvalue weighted by Crippen LogP contribution is -2.69. The Morgan fingerprint density at radius 1 is 0.667 bits per heavy atom. The Morgan fingerprint density at radius 3 is 1.53 bits per heavy atom. The molecule has 4 fully saturated rings. The van der Waals surface area contributed by atoms with Gasteiger partial charge in [0.05, 0.1) is 52.9 Å². The maximum absolute atomic E-state index is 12.0. The first-order valence-electron chi connectivity index (χ1n) is 24.7. The maximum Gasteiger partial charge on any atom is 0.331 e. The van der Waals surface area contributed by atoms with E-state index in [9.17, 15) is 19.2 Å². The second kappa shape index (κ2) is 35.5. The van der Waals surface area contributed by atoms with E-state index in [1.54, 1.807) is 41.9 Å². The number of hydrogen-bond donors (Lipinski definition) is 0. The molecule has 369 valence electrons. The van der Waals surface area contributed by atoms with Gasteiger partial charge >= 0.3 is 11.9 Å². The quantitative estimate of drug-likeness (QED) is 0.0787. The first kappa shape index (κ1) is 64.5. The molecule has 0 saturated carbocycles. The average Bonchev–Trinajstić information content (AvgIpc) is 4.06. The van der Waals surface area contributed by atoms with Crippen molar-refractivity contribution in [1.82, 2.24) is 9.80 Å². The minimum atomic E-state index is -0.695. The van der Waals surface area contributed by atoms with Gasteiger partial charge in [0.15, 0.2) is 17.7 Å². The van der Waals surface area contributed by atoms with Gasteiger partial charge in [0.25, 0.3) is 5.91 Å². The number of hydrogen-bond acceptors (Lipinski definition) is 12. The molecule has 4 saturated heterocycles. The van der Waals surface area contributed by atoms with E-state index in [0.29, 0.717) is 91.9 Å². The normalized spacial score (nSPS) is 18.6. The van der Waals surface area contributed by atoms with E-state index < -0.39 is 61.3 Å². The number of carbonyl (C=O) groups is 4. The molecule has 0 aromatic rings. The second-order valence-electron chi connectivity index (χ2n) is 17.5. The molecule has 14 nitrogen and oxygen atoms in total. The average molecular weight is 994 g/mol. The van der Waals surface area contributed by atoms with Crippen molar-refractivity contribution in [2.24, 2.45) is 0 Å². The van der Waals surface area contributed by atoms with Crippen LogP contribution in [0.2, 0.25) is 0 Å². The minimum absolute atomic E-state index is 0.0917. The lowest BCUT2D eigenvalue weighted by Gasteiger charge is -2.31. The van der Waals surface area contributed by atoms with Crippen molar-refractivity contribution >= 4 is 117 Å². The van der Waals surface area contributed by atoms with E-state index in [-0.39, 0.29) is 18.2 Å². The van der Waals surface area contributed by atoms with Crippen molar-refractivity contribution < 1.29 is 57.1 Å². The highest BCUT2D eigenvalue weighted by molar-refractivity contribution is 8.07. The van der Waals surface area contributed by atoms with Gasteiger partial charge in [-0.2, -0.15) is 0 Å². The van der Waals surface area contributed by atoms with Crippen LogP contribution >= 0.6 is 0 Å². The fourth-order valence-electron chi connectivity index (χ4n) is 8.04. The summed E-state index contributed by atoms with van der Waals surface area (Å²) < 4.78 is 43.8. The number of amides is 2. The Morgan fingerprint density at radius 2 is 1.12 bits per heavy atom. The predicted octanol–water partition coefficient (Wildman–Crippen LogP) is -0.285. The van der Waals surface area contributed by atoms with Crippen molar-refractivity contribution in [3.8, 4) is 11.8 Å². The molecule has 15 radical (unpaired) electrons. The lowest BCUT2D eigenvalue weighted by molar-refractivity contribution is -0.162. The van der Waals surface area contributed by atoms with Crippen LogP contribution in [-0.2, 0) is 57.1 Å². The highest BCUT2D eigenvalue weighted by Gasteiger charge is 2.39. The predicted molar refractivity (Wildman–Crippen MR) is 301 cm³/mol. The molecule has 0 aromatic heterocycles. The molecule has 2 atom stereocenters. The lowest BCUT2D eigenvalue weighted by atomic mass is 8.50. The standard InChI is InChI=1S/C20H27NO6.C20H25NO6.C8H4.B13/c2*1-16(4-6-18(22)21-9-11-24-12-10-21)27-19(23)7-5-17-3-2-8-20(15-17)25-13-14-26-20;1-3-5-7-8-6-4-2;1-8-12(9(2)3)13(10(4)5)11(6)7/h3-7,16H,2,8-15H2,1H3;3,5,7,16H,2,8-15H2,1H3;1-2H2;/b6-4-,7-5+;7-5+;;/t2*16-;;/m11../s1. The molecule has 0 unspecified atom stereocenters. The van der Waals surface area contributed by atoms with Gasteiger partial charge in [0.2, 0.25) is 5.91 Å². The van der Waals surface area contributed by atoms with Crippen molar-refractivity contribution in [2.75, 3.05) is 79.0 Å². The summed E-state index contributed by atoms with van der Waals surface area (Å²) in [6.45, 7) is 16.7. The molecule has 0 bridgehead atoms. The smallest absolute Gasteiger partial charge is 0.331 e. The molecule has 2 aliphatic carbocycles. The van der Waals surface area contributed by atoms with Crippen molar-refractivity contribution in [3.63, 3.8) is 0 Å². The summed E-state index contributed by atoms with van der Waals surface area (Å²) in [6, 6.07) is 0. The summed E-state index contributed by atoms with van der Waals surface area (Å²) in [5.41, 5.74) is 16.5. The van der Waals surface area contributed by atoms with Crippen molar-refractivity contribution in [3.05, 3.63) is 107 Å². The number of carbonyl (C=O) groups excluding carboxylic acids is 4. The van der Waals surface area contributed by atoms with Crippen LogP contribution < -0.4 is 0 Å². The van der Waals surface area contributed by atoms with Crippen LogP contribution in [0.5, 0.6) is 0 Å². The Bertz CT molecular complexity index is 2290. The van der Waals surface area contributed by atoms with Gasteiger partial charge in [0.1, 0.15) is 6.10 Å². The zero-order chi connectivity index (χ0) is 55.1. The van der Waals surface area contributed by atoms with E-state index >= 15 is 0 Å². The summed E-state index contributed by atoms with van der Waals surface area (Å²) in [6.07, 6.45) is 14.1. The first-order chi connectivity index (χ1) is 36.0. The van der Waals surface area contributed by atoms with Gasteiger partial charge in [-0.25, -0.2) is 9.59 Å². The number of rotatable bonds is 13. The third-order valence-electron chi connectivity index (χ3n) is 11.8. The molecule has 27 heteroatoms. The van der Waals surface area contributed by atoms with Crippen molar-refractivity contribution in [2.45, 2.75) is 76.2 Å². The van der Waals surface area contributed by atoms with Gasteiger partial charge in [0, 0.05) is 163 Å². The van der Waals surface area contributed by atoms with Crippen molar-refractivity contribution in [1.29, 1.82) is 0 Å². The van der Waals surface area contributed by atoms with E-state index in [4.69, 9.17) is 92.1 Å². The maximum atomic E-state index is 12.0. The Hall–Kier alpha value is -4.84. The van der Waals surface area contributed by atoms with Gasteiger partial charge in [-0.3, -0.25) is 9.59 Å². The zero-order valence-electron chi connectivity index (χ0n) is 43.2. The van der Waals surface area contributed by atoms with Crippen LogP contribution in [0.3, 0.4) is 0 Å². The molecule has 4 heterocycles. The van der Waals surface area contributed by atoms with E-state index in [1.807, 2.05) is 0 Å². The minimum Gasteiger partial charge on any atom is -0.455 e. The number of ether oxygens (including phenoxy) is 8. The number of nitrogens with zero attached hydrogens (tertiary/aromatic N) is 2. The van der Waals surface area contributed by atoms with E-state index in [1.165, 1.54) is 25.3 Å². The molecular formula is C48H56B13N2O12. The van der Waals surface area contributed by atoms with Gasteiger partial charge in [-0.05, 0) is 91.8 Å². The molecule has 0 N–H and O–H groups in total. The monoisotopic (exact) mass is 996 g/mol. The Kier molecular flexibility index (Phi) is 30.5. The molecule has 4 aliphatic heterocycles. The molecule has 75 heavy (non-hydrogen) atoms. The third-order valence-corrected chi connectivity index (χ3v) is 11.8. The van der Waals surface area contributed by atoms with Crippen LogP contribution in [0.1, 0.15) is 52.4 Å². The van der Waals surface area contributed by atoms with Crippen LogP contribution in [0.15, 0.2) is 107 Å². The van der Waals surface area contributed by atoms with Crippen LogP contribution in [-0.4, -0.2) is 230 Å². The summed E-state index contributed by atoms with van der Waals surface area (Å²) in [5, 5.41) is 0. The topological polar surface area (TPSA) is 149 Å². The first-order valence-corrected chi connectivity index (χ1v) is 24.7. The van der Waals surface area contributed by atoms with Gasteiger partial charge < -0.3 is 47.7 Å². The SMILES string of the molecule is C=C=C=C=C=C=C=C.C[C@H](/C=C\C(=O)N1CCOCC1)OC(=O)/C=C/C1=CCCC2(C1)OCCO2.C[C@H](C#CC(=O)N1CCOCC1)OC(=O)/C=C/C1=CCCC2(C1)OCCO2.[B][B]B(B([B])[B])B(B([B])[B])B([B])[B]. The highest BCUT2D eigenvalue weighted by atomic mass is 16.7. The Balaban J connectivity index is 0.000000290. The second-order valence-corrected chi connectivity index (χ2v) is 17.5. The van der Waals surface area contributed by atoms with Crippen LogP contribution in [0, 0.1) is 11.8 Å². The van der Waals surface area contributed by atoms with Gasteiger partial charge in [-0.1, -0.05) is 35.8 Å². The number of allylic oxidation sites excluding steroid dienone is 4. The summed E-state index contributed by atoms with van der Waals surface area (Å²) in [5.74, 6) is 2.85. The molecule has 6 rings (SSSR count). The van der Waals surface area contributed by atoms with Crippen LogP contribution in [0.4, 0.5) is 0 Å². The highest BCUT2D eigenvalue weighted by Crippen LogP contribution is 2.37. The molecule has 0 aromatic carbocycles. The molecule has 6 aliphatic rings. The molecular weight excluding hydrogens is 937 g/mol. The zero-order valence-corrected chi connectivity index (χ0v) is 43.2.